The van der Waals surface area contributed by atoms with Crippen LogP contribution in [0.25, 0.3) is 0 Å². The van der Waals surface area contributed by atoms with E-state index in [0.717, 1.165) is 49.4 Å². The monoisotopic (exact) mass is 411 g/mol. The van der Waals surface area contributed by atoms with Crippen LogP contribution in [-0.2, 0) is 11.3 Å². The maximum absolute atomic E-state index is 12.4. The fourth-order valence-corrected chi connectivity index (χ4v) is 3.57. The Balaban J connectivity index is 1.41. The van der Waals surface area contributed by atoms with Gasteiger partial charge < -0.3 is 9.64 Å². The van der Waals surface area contributed by atoms with E-state index < -0.39 is 0 Å². The van der Waals surface area contributed by atoms with Crippen LogP contribution in [0.2, 0.25) is 0 Å². The van der Waals surface area contributed by atoms with Gasteiger partial charge in [0.1, 0.15) is 12.3 Å². The van der Waals surface area contributed by atoms with Crippen LogP contribution in [0.1, 0.15) is 30.9 Å². The molecule has 0 atom stereocenters. The van der Waals surface area contributed by atoms with E-state index in [1.165, 1.54) is 17.0 Å². The Morgan fingerprint density at radius 2 is 1.87 bits per heavy atom. The first-order chi connectivity index (χ1) is 14.5. The highest BCUT2D eigenvalue weighted by atomic mass is 16.6. The summed E-state index contributed by atoms with van der Waals surface area (Å²) >= 11 is 0. The van der Waals surface area contributed by atoms with Crippen LogP contribution in [0.4, 0.5) is 5.69 Å². The van der Waals surface area contributed by atoms with E-state index >= 15 is 0 Å². The molecule has 0 spiro atoms. The Hall–Kier alpha value is -3.26. The zero-order valence-electron chi connectivity index (χ0n) is 17.0. The van der Waals surface area contributed by atoms with E-state index in [4.69, 9.17) is 4.74 Å². The maximum Gasteiger partial charge on any atom is 0.269 e. The quantitative estimate of drug-likeness (QED) is 0.394. The molecular formula is C22H27N4O4+. The van der Waals surface area contributed by atoms with Crippen molar-refractivity contribution in [3.63, 3.8) is 0 Å². The number of carbonyl (C=O) groups is 1. The largest absolute Gasteiger partial charge is 0.494 e. The van der Waals surface area contributed by atoms with Crippen LogP contribution in [0.3, 0.4) is 0 Å². The van der Waals surface area contributed by atoms with Crippen molar-refractivity contribution in [3.05, 3.63) is 69.8 Å². The molecule has 0 bridgehead atoms. The number of likely N-dealkylation sites (tertiary alicyclic amines) is 1. The molecule has 2 aromatic rings. The van der Waals surface area contributed by atoms with Crippen LogP contribution < -0.4 is 15.1 Å². The number of nitrogens with one attached hydrogen (secondary N) is 2. The minimum Gasteiger partial charge on any atom is -0.494 e. The zero-order chi connectivity index (χ0) is 21.3. The van der Waals surface area contributed by atoms with Gasteiger partial charge in [-0.2, -0.15) is 5.10 Å². The van der Waals surface area contributed by atoms with Crippen molar-refractivity contribution < 1.29 is 19.4 Å². The van der Waals surface area contributed by atoms with Crippen LogP contribution in [-0.4, -0.2) is 36.7 Å². The molecule has 1 aliphatic rings. The summed E-state index contributed by atoms with van der Waals surface area (Å²) in [5.74, 6) is 0.719. The van der Waals surface area contributed by atoms with Crippen molar-refractivity contribution in [2.75, 3.05) is 19.7 Å². The summed E-state index contributed by atoms with van der Waals surface area (Å²) in [6, 6.07) is 14.2. The highest BCUT2D eigenvalue weighted by Crippen LogP contribution is 2.13. The summed E-state index contributed by atoms with van der Waals surface area (Å²) in [6.07, 6.45) is 3.22. The normalized spacial score (nSPS) is 18.8. The molecule has 30 heavy (non-hydrogen) atoms. The zero-order valence-corrected chi connectivity index (χ0v) is 17.0. The van der Waals surface area contributed by atoms with E-state index in [1.54, 1.807) is 18.3 Å². The molecule has 1 aliphatic heterocycles. The fraction of sp³-hybridized carbons (Fsp3) is 0.364. The number of nitro benzene ring substituents is 1. The molecule has 0 saturated carbocycles. The summed E-state index contributed by atoms with van der Waals surface area (Å²) in [5, 5.41) is 14.8. The Kier molecular flexibility index (Phi) is 7.51. The number of rotatable bonds is 8. The SMILES string of the molecule is CCOc1ccc(/C=N\NC(=O)C2CC[NH+](Cc3ccc([N+](=O)[O-])cc3)CC2)cc1. The van der Waals surface area contributed by atoms with Crippen molar-refractivity contribution in [1.82, 2.24) is 5.43 Å². The van der Waals surface area contributed by atoms with Crippen molar-refractivity contribution in [2.45, 2.75) is 26.3 Å². The summed E-state index contributed by atoms with van der Waals surface area (Å²) in [6.45, 7) is 5.14. The van der Waals surface area contributed by atoms with Gasteiger partial charge in [-0.05, 0) is 48.9 Å². The first-order valence-electron chi connectivity index (χ1n) is 10.2. The first kappa shape index (κ1) is 21.4. The lowest BCUT2D eigenvalue weighted by atomic mass is 9.96. The van der Waals surface area contributed by atoms with Gasteiger partial charge in [0, 0.05) is 30.5 Å². The number of nitro groups is 1. The van der Waals surface area contributed by atoms with Gasteiger partial charge in [-0.3, -0.25) is 14.9 Å². The Morgan fingerprint density at radius 3 is 2.47 bits per heavy atom. The maximum atomic E-state index is 12.4. The molecule has 0 radical (unpaired) electrons. The summed E-state index contributed by atoms with van der Waals surface area (Å²) < 4.78 is 5.40. The molecule has 3 rings (SSSR count). The van der Waals surface area contributed by atoms with E-state index in [1.807, 2.05) is 31.2 Å². The minimum absolute atomic E-state index is 0.0388. The van der Waals surface area contributed by atoms with Gasteiger partial charge in [0.25, 0.3) is 5.69 Å². The third-order valence-corrected chi connectivity index (χ3v) is 5.24. The number of amides is 1. The average Bonchev–Trinajstić information content (AvgIpc) is 2.76. The van der Waals surface area contributed by atoms with Crippen LogP contribution in [0.5, 0.6) is 5.75 Å². The number of hydrogen-bond acceptors (Lipinski definition) is 5. The van der Waals surface area contributed by atoms with Crippen molar-refractivity contribution >= 4 is 17.8 Å². The first-order valence-corrected chi connectivity index (χ1v) is 10.2. The third kappa shape index (κ3) is 6.12. The predicted molar refractivity (Wildman–Crippen MR) is 114 cm³/mol. The third-order valence-electron chi connectivity index (χ3n) is 5.24. The molecule has 2 N–H and O–H groups in total. The van der Waals surface area contributed by atoms with Gasteiger partial charge in [0.05, 0.1) is 36.8 Å². The van der Waals surface area contributed by atoms with E-state index in [0.29, 0.717) is 6.61 Å². The van der Waals surface area contributed by atoms with Crippen molar-refractivity contribution in [2.24, 2.45) is 11.0 Å². The number of piperidine rings is 1. The highest BCUT2D eigenvalue weighted by molar-refractivity contribution is 5.83. The molecule has 0 aromatic heterocycles. The van der Waals surface area contributed by atoms with E-state index in [-0.39, 0.29) is 22.4 Å². The second-order valence-corrected chi connectivity index (χ2v) is 7.36. The Labute approximate surface area is 175 Å². The molecule has 0 unspecified atom stereocenters. The van der Waals surface area contributed by atoms with Crippen LogP contribution in [0.15, 0.2) is 53.6 Å². The van der Waals surface area contributed by atoms with Gasteiger partial charge in [-0.1, -0.05) is 0 Å². The molecule has 8 heteroatoms. The van der Waals surface area contributed by atoms with Gasteiger partial charge in [0.15, 0.2) is 0 Å². The number of hydrazone groups is 1. The predicted octanol–water partition coefficient (Wildman–Crippen LogP) is 1.94. The molecule has 0 aliphatic carbocycles. The van der Waals surface area contributed by atoms with Crippen molar-refractivity contribution in [3.8, 4) is 5.75 Å². The van der Waals surface area contributed by atoms with Gasteiger partial charge in [0.2, 0.25) is 5.91 Å². The number of benzene rings is 2. The van der Waals surface area contributed by atoms with Crippen LogP contribution >= 0.6 is 0 Å². The lowest BCUT2D eigenvalue weighted by Gasteiger charge is -2.28. The molecular weight excluding hydrogens is 384 g/mol. The molecule has 1 amide bonds. The Morgan fingerprint density at radius 1 is 1.20 bits per heavy atom. The standard InChI is InChI=1S/C22H26N4O4/c1-2-30-21-9-5-17(6-10-21)15-23-24-22(27)19-11-13-25(14-12-19)16-18-3-7-20(8-4-18)26(28)29/h3-10,15,19H,2,11-14,16H2,1H3,(H,24,27)/p+1/b23-15-. The topological polar surface area (TPSA) is 98.3 Å². The molecule has 1 heterocycles. The second kappa shape index (κ2) is 10.5. The molecule has 158 valence electrons. The lowest BCUT2D eigenvalue weighted by Crippen LogP contribution is -3.11. The second-order valence-electron chi connectivity index (χ2n) is 7.36. The van der Waals surface area contributed by atoms with Gasteiger partial charge >= 0.3 is 0 Å². The highest BCUT2D eigenvalue weighted by Gasteiger charge is 2.27. The summed E-state index contributed by atoms with van der Waals surface area (Å²) in [5.41, 5.74) is 4.71. The number of carbonyl (C=O) groups excluding carboxylic acids is 1. The van der Waals surface area contributed by atoms with Gasteiger partial charge in [-0.25, -0.2) is 5.43 Å². The molecule has 1 fully saturated rings. The minimum atomic E-state index is -0.390. The smallest absolute Gasteiger partial charge is 0.269 e. The Bertz CT molecular complexity index is 873. The lowest BCUT2D eigenvalue weighted by molar-refractivity contribution is -0.919. The van der Waals surface area contributed by atoms with Crippen LogP contribution in [0, 0.1) is 16.0 Å². The average molecular weight is 411 g/mol. The molecule has 2 aromatic carbocycles. The number of hydrogen-bond donors (Lipinski definition) is 2. The summed E-state index contributed by atoms with van der Waals surface area (Å²) in [4.78, 5) is 24.1. The fourth-order valence-electron chi connectivity index (χ4n) is 3.57. The van der Waals surface area contributed by atoms with E-state index in [9.17, 15) is 14.9 Å². The number of ether oxygens (including phenoxy) is 1. The van der Waals surface area contributed by atoms with E-state index in [2.05, 4.69) is 10.5 Å². The number of quaternary nitrogens is 1. The molecule has 8 nitrogen and oxygen atoms in total. The number of nitrogens with zero attached hydrogens (tertiary/aromatic N) is 2. The van der Waals surface area contributed by atoms with Crippen molar-refractivity contribution in [1.29, 1.82) is 0 Å². The molecule has 1 saturated heterocycles. The summed E-state index contributed by atoms with van der Waals surface area (Å²) in [7, 11) is 0. The number of non-ortho nitro benzene ring substituents is 1. The van der Waals surface area contributed by atoms with Gasteiger partial charge in [-0.15, -0.1) is 0 Å².